The number of methoxy groups -OCH3 is 1. The summed E-state index contributed by atoms with van der Waals surface area (Å²) in [6, 6.07) is 19.5. The van der Waals surface area contributed by atoms with Crippen molar-refractivity contribution < 1.29 is 17.9 Å². The molecule has 0 spiro atoms. The predicted molar refractivity (Wildman–Crippen MR) is 154 cm³/mol. The second-order valence-corrected chi connectivity index (χ2v) is 12.9. The number of sulfone groups is 1. The fourth-order valence-electron chi connectivity index (χ4n) is 5.74. The molecule has 2 aromatic heterocycles. The molecular formula is C30H33N5O4S. The Balaban J connectivity index is 1.35. The van der Waals surface area contributed by atoms with Crippen LogP contribution < -0.4 is 4.74 Å². The number of benzene rings is 2. The van der Waals surface area contributed by atoms with Gasteiger partial charge in [0.05, 0.1) is 47.0 Å². The number of carbonyl (C=O) groups is 1. The molecule has 1 amide bonds. The molecule has 2 aliphatic rings. The monoisotopic (exact) mass is 559 g/mol. The number of aryl methyl sites for hydroxylation is 1. The first-order valence-corrected chi connectivity index (χ1v) is 15.4. The summed E-state index contributed by atoms with van der Waals surface area (Å²) in [4.78, 5) is 23.3. The summed E-state index contributed by atoms with van der Waals surface area (Å²) < 4.78 is 31.6. The molecular weight excluding hydrogens is 526 g/mol. The lowest BCUT2D eigenvalue weighted by Gasteiger charge is -2.35. The Hall–Kier alpha value is -3.76. The highest BCUT2D eigenvalue weighted by Gasteiger charge is 2.33. The zero-order valence-corrected chi connectivity index (χ0v) is 23.6. The number of hydrogen-bond donors (Lipinski definition) is 0. The quantitative estimate of drug-likeness (QED) is 0.355. The van der Waals surface area contributed by atoms with Gasteiger partial charge in [0.25, 0.3) is 5.91 Å². The van der Waals surface area contributed by atoms with Crippen molar-refractivity contribution in [3.05, 3.63) is 77.5 Å². The van der Waals surface area contributed by atoms with Crippen molar-refractivity contribution in [1.29, 1.82) is 0 Å². The SMILES string of the molecule is COc1ccc(-c2cc(C(=O)N3CCN(Cc4ccccc4)CC3)c3c(C)nn(C4CCS(=O)(=O)C4)c3n2)cc1. The van der Waals surface area contributed by atoms with E-state index in [1.54, 1.807) is 11.8 Å². The first kappa shape index (κ1) is 26.5. The highest BCUT2D eigenvalue weighted by Crippen LogP contribution is 2.33. The Morgan fingerprint density at radius 3 is 2.40 bits per heavy atom. The molecule has 9 nitrogen and oxygen atoms in total. The summed E-state index contributed by atoms with van der Waals surface area (Å²) in [6.07, 6.45) is 0.486. The van der Waals surface area contributed by atoms with Crippen LogP contribution in [0, 0.1) is 6.92 Å². The van der Waals surface area contributed by atoms with Crippen molar-refractivity contribution in [3.8, 4) is 17.0 Å². The second-order valence-electron chi connectivity index (χ2n) is 10.6. The molecule has 0 aliphatic carbocycles. The highest BCUT2D eigenvalue weighted by atomic mass is 32.2. The molecule has 6 rings (SSSR count). The van der Waals surface area contributed by atoms with Crippen LogP contribution in [0.3, 0.4) is 0 Å². The van der Waals surface area contributed by atoms with Crippen LogP contribution in [-0.2, 0) is 16.4 Å². The van der Waals surface area contributed by atoms with E-state index >= 15 is 0 Å². The standard InChI is InChI=1S/C30H33N5O4S/c1-21-28-26(30(36)34-15-13-33(14-16-34)19-22-6-4-3-5-7-22)18-27(23-8-10-25(39-2)11-9-23)31-29(28)35(32-21)24-12-17-40(37,38)20-24/h3-11,18,24H,12-17,19-20H2,1-2H3. The molecule has 2 saturated heterocycles. The number of aromatic nitrogens is 3. The Bertz CT molecular complexity index is 1640. The van der Waals surface area contributed by atoms with Crippen molar-refractivity contribution in [2.45, 2.75) is 25.9 Å². The van der Waals surface area contributed by atoms with Crippen LogP contribution in [0.15, 0.2) is 60.7 Å². The Kier molecular flexibility index (Phi) is 7.06. The lowest BCUT2D eigenvalue weighted by atomic mass is 10.0. The van der Waals surface area contributed by atoms with Gasteiger partial charge in [0, 0.05) is 38.3 Å². The number of rotatable bonds is 6. The minimum Gasteiger partial charge on any atom is -0.497 e. The molecule has 4 heterocycles. The largest absolute Gasteiger partial charge is 0.497 e. The van der Waals surface area contributed by atoms with Crippen LogP contribution in [0.5, 0.6) is 5.75 Å². The zero-order chi connectivity index (χ0) is 27.9. The van der Waals surface area contributed by atoms with Gasteiger partial charge >= 0.3 is 0 Å². The van der Waals surface area contributed by atoms with E-state index in [1.165, 1.54) is 5.56 Å². The number of fused-ring (bicyclic) bond motifs is 1. The summed E-state index contributed by atoms with van der Waals surface area (Å²) in [7, 11) is -1.51. The Labute approximate surface area is 234 Å². The molecule has 208 valence electrons. The summed E-state index contributed by atoms with van der Waals surface area (Å²) in [5.74, 6) is 0.842. The van der Waals surface area contributed by atoms with E-state index in [9.17, 15) is 13.2 Å². The molecule has 2 aliphatic heterocycles. The van der Waals surface area contributed by atoms with Crippen LogP contribution in [0.4, 0.5) is 0 Å². The number of pyridine rings is 1. The van der Waals surface area contributed by atoms with Gasteiger partial charge in [-0.2, -0.15) is 5.10 Å². The van der Waals surface area contributed by atoms with Gasteiger partial charge in [-0.1, -0.05) is 30.3 Å². The maximum Gasteiger partial charge on any atom is 0.254 e. The third-order valence-corrected chi connectivity index (χ3v) is 9.67. The van der Waals surface area contributed by atoms with E-state index in [-0.39, 0.29) is 23.5 Å². The minimum atomic E-state index is -3.13. The number of amides is 1. The van der Waals surface area contributed by atoms with Crippen LogP contribution in [0.25, 0.3) is 22.3 Å². The fourth-order valence-corrected chi connectivity index (χ4v) is 7.43. The molecule has 1 unspecified atom stereocenters. The number of hydrogen-bond acceptors (Lipinski definition) is 7. The normalized spacial score (nSPS) is 19.2. The Morgan fingerprint density at radius 1 is 1.02 bits per heavy atom. The van der Waals surface area contributed by atoms with E-state index in [1.807, 2.05) is 60.4 Å². The van der Waals surface area contributed by atoms with Crippen molar-refractivity contribution >= 4 is 26.8 Å². The number of nitrogens with zero attached hydrogens (tertiary/aromatic N) is 5. The molecule has 0 saturated carbocycles. The van der Waals surface area contributed by atoms with Gasteiger partial charge in [-0.15, -0.1) is 0 Å². The maximum atomic E-state index is 14.1. The van der Waals surface area contributed by atoms with Crippen LogP contribution in [0.2, 0.25) is 0 Å². The summed E-state index contributed by atoms with van der Waals surface area (Å²) in [6.45, 7) is 5.56. The molecule has 10 heteroatoms. The molecule has 4 aromatic rings. The molecule has 0 bridgehead atoms. The van der Waals surface area contributed by atoms with Crippen molar-refractivity contribution in [2.24, 2.45) is 0 Å². The van der Waals surface area contributed by atoms with E-state index < -0.39 is 9.84 Å². The molecule has 2 aromatic carbocycles. The van der Waals surface area contributed by atoms with Crippen LogP contribution >= 0.6 is 0 Å². The summed E-state index contributed by atoms with van der Waals surface area (Å²) in [5, 5.41) is 5.43. The van der Waals surface area contributed by atoms with Crippen molar-refractivity contribution in [3.63, 3.8) is 0 Å². The van der Waals surface area contributed by atoms with Gasteiger partial charge in [0.15, 0.2) is 15.5 Å². The van der Waals surface area contributed by atoms with E-state index in [0.717, 1.165) is 30.9 Å². The minimum absolute atomic E-state index is 0.0321. The third-order valence-electron chi connectivity index (χ3n) is 7.92. The zero-order valence-electron chi connectivity index (χ0n) is 22.8. The molecule has 1 atom stereocenters. The lowest BCUT2D eigenvalue weighted by Crippen LogP contribution is -2.48. The van der Waals surface area contributed by atoms with Gasteiger partial charge in [0.1, 0.15) is 5.75 Å². The third kappa shape index (κ3) is 5.21. The van der Waals surface area contributed by atoms with Crippen molar-refractivity contribution in [2.75, 3.05) is 44.8 Å². The lowest BCUT2D eigenvalue weighted by molar-refractivity contribution is 0.0630. The number of piperazine rings is 1. The maximum absolute atomic E-state index is 14.1. The second kappa shape index (κ2) is 10.7. The van der Waals surface area contributed by atoms with Gasteiger partial charge in [-0.05, 0) is 49.2 Å². The van der Waals surface area contributed by atoms with Gasteiger partial charge in [-0.3, -0.25) is 9.69 Å². The van der Waals surface area contributed by atoms with Crippen molar-refractivity contribution in [1.82, 2.24) is 24.6 Å². The molecule has 0 N–H and O–H groups in total. The smallest absolute Gasteiger partial charge is 0.254 e. The topological polar surface area (TPSA) is 97.6 Å². The fraction of sp³-hybridized carbons (Fsp3) is 0.367. The predicted octanol–water partition coefficient (Wildman–Crippen LogP) is 3.73. The number of carbonyl (C=O) groups excluding carboxylic acids is 1. The average Bonchev–Trinajstić information content (AvgIpc) is 3.51. The van der Waals surface area contributed by atoms with Gasteiger partial charge in [-0.25, -0.2) is 18.1 Å². The van der Waals surface area contributed by atoms with Gasteiger partial charge < -0.3 is 9.64 Å². The Morgan fingerprint density at radius 2 is 1.75 bits per heavy atom. The first-order valence-electron chi connectivity index (χ1n) is 13.6. The number of ether oxygens (including phenoxy) is 1. The van der Waals surface area contributed by atoms with Gasteiger partial charge in [0.2, 0.25) is 0 Å². The van der Waals surface area contributed by atoms with E-state index in [4.69, 9.17) is 14.8 Å². The molecule has 0 radical (unpaired) electrons. The summed E-state index contributed by atoms with van der Waals surface area (Å²) >= 11 is 0. The van der Waals surface area contributed by atoms with E-state index in [2.05, 4.69) is 17.0 Å². The van der Waals surface area contributed by atoms with E-state index in [0.29, 0.717) is 47.5 Å². The highest BCUT2D eigenvalue weighted by molar-refractivity contribution is 7.91. The van der Waals surface area contributed by atoms with Crippen LogP contribution in [-0.4, -0.2) is 83.7 Å². The molecule has 40 heavy (non-hydrogen) atoms. The molecule has 2 fully saturated rings. The summed E-state index contributed by atoms with van der Waals surface area (Å²) in [5.41, 5.74) is 4.53. The van der Waals surface area contributed by atoms with Crippen LogP contribution in [0.1, 0.15) is 34.1 Å². The first-order chi connectivity index (χ1) is 19.3. The average molecular weight is 560 g/mol.